The van der Waals surface area contributed by atoms with Crippen LogP contribution in [0.1, 0.15) is 46.0 Å². The molecule has 0 bridgehead atoms. The van der Waals surface area contributed by atoms with Gasteiger partial charge in [-0.1, -0.05) is 33.1 Å². The number of carbonyl (C=O) groups is 1. The predicted molar refractivity (Wildman–Crippen MR) is 73.4 cm³/mol. The third kappa shape index (κ3) is 8.48. The zero-order valence-electron chi connectivity index (χ0n) is 12.6. The first-order chi connectivity index (χ1) is 8.08. The fourth-order valence-corrected chi connectivity index (χ4v) is 2.66. The van der Waals surface area contributed by atoms with Crippen LogP contribution >= 0.6 is 0 Å². The molecule has 0 aromatic heterocycles. The predicted octanol–water partition coefficient (Wildman–Crippen LogP) is 2.11. The summed E-state index contributed by atoms with van der Waals surface area (Å²) in [6.07, 6.45) is 3.72. The lowest BCUT2D eigenvalue weighted by Crippen LogP contribution is -2.51. The number of hydrogen-bond acceptors (Lipinski definition) is 2. The summed E-state index contributed by atoms with van der Waals surface area (Å²) in [6, 6.07) is 0. The fourth-order valence-electron chi connectivity index (χ4n) is 2.66. The molecule has 0 aliphatic heterocycles. The van der Waals surface area contributed by atoms with Gasteiger partial charge in [0, 0.05) is 0 Å². The molecule has 0 saturated heterocycles. The van der Waals surface area contributed by atoms with Crippen LogP contribution in [0.2, 0.25) is 0 Å². The average molecular weight is 260 g/mol. The number of rotatable bonds is 9. The molecule has 0 spiro atoms. The number of quaternary nitrogens is 1. The van der Waals surface area contributed by atoms with Crippen molar-refractivity contribution in [2.45, 2.75) is 51.6 Å². The summed E-state index contributed by atoms with van der Waals surface area (Å²) >= 11 is 0. The molecule has 18 heavy (non-hydrogen) atoms. The smallest absolute Gasteiger partial charge is 0.306 e. The van der Waals surface area contributed by atoms with Crippen molar-refractivity contribution < 1.29 is 19.5 Å². The standard InChI is InChI=1S/C14H29NO3/c1-6-7-8-12(2)9-14(18,10-13(16)17)11-15(3,4)5/h12,18H,6-11H2,1-5H3/p+1/t12?,14-/m1/s1. The lowest BCUT2D eigenvalue weighted by atomic mass is 9.85. The monoisotopic (exact) mass is 260 g/mol. The van der Waals surface area contributed by atoms with Gasteiger partial charge in [0.15, 0.2) is 0 Å². The summed E-state index contributed by atoms with van der Waals surface area (Å²) < 4.78 is 0.574. The Labute approximate surface area is 111 Å². The molecule has 108 valence electrons. The largest absolute Gasteiger partial charge is 0.481 e. The molecular weight excluding hydrogens is 230 g/mol. The topological polar surface area (TPSA) is 57.5 Å². The van der Waals surface area contributed by atoms with Crippen molar-refractivity contribution in [2.24, 2.45) is 5.92 Å². The second-order valence-electron chi connectivity index (χ2n) is 6.69. The van der Waals surface area contributed by atoms with Gasteiger partial charge in [-0.25, -0.2) is 0 Å². The van der Waals surface area contributed by atoms with Crippen molar-refractivity contribution in [2.75, 3.05) is 27.7 Å². The number of hydrogen-bond donors (Lipinski definition) is 2. The van der Waals surface area contributed by atoms with Gasteiger partial charge in [0.05, 0.1) is 27.6 Å². The van der Waals surface area contributed by atoms with E-state index in [4.69, 9.17) is 5.11 Å². The van der Waals surface area contributed by atoms with Crippen molar-refractivity contribution in [3.8, 4) is 0 Å². The van der Waals surface area contributed by atoms with Crippen molar-refractivity contribution in [1.82, 2.24) is 0 Å². The van der Waals surface area contributed by atoms with E-state index in [9.17, 15) is 9.90 Å². The number of aliphatic hydroxyl groups is 1. The van der Waals surface area contributed by atoms with Gasteiger partial charge < -0.3 is 14.7 Å². The van der Waals surface area contributed by atoms with E-state index in [0.29, 0.717) is 23.4 Å². The number of nitrogens with zero attached hydrogens (tertiary/aromatic N) is 1. The molecule has 0 aromatic carbocycles. The zero-order chi connectivity index (χ0) is 14.4. The molecule has 0 radical (unpaired) electrons. The van der Waals surface area contributed by atoms with E-state index in [-0.39, 0.29) is 6.42 Å². The normalized spacial score (nSPS) is 17.2. The van der Waals surface area contributed by atoms with E-state index in [1.807, 2.05) is 21.1 Å². The second-order valence-corrected chi connectivity index (χ2v) is 6.69. The molecule has 1 unspecified atom stereocenters. The van der Waals surface area contributed by atoms with E-state index in [2.05, 4.69) is 13.8 Å². The van der Waals surface area contributed by atoms with Crippen LogP contribution in [0.5, 0.6) is 0 Å². The number of carboxylic acids is 1. The molecule has 2 atom stereocenters. The minimum atomic E-state index is -1.10. The Balaban J connectivity index is 4.60. The average Bonchev–Trinajstić information content (AvgIpc) is 2.08. The minimum absolute atomic E-state index is 0.168. The molecule has 0 amide bonds. The summed E-state index contributed by atoms with van der Waals surface area (Å²) in [5.41, 5.74) is -1.10. The number of unbranched alkanes of at least 4 members (excludes halogenated alkanes) is 1. The first kappa shape index (κ1) is 17.4. The van der Waals surface area contributed by atoms with Gasteiger partial charge in [-0.05, 0) is 12.3 Å². The van der Waals surface area contributed by atoms with E-state index in [0.717, 1.165) is 19.3 Å². The van der Waals surface area contributed by atoms with Crippen LogP contribution < -0.4 is 0 Å². The van der Waals surface area contributed by atoms with Crippen LogP contribution in [0, 0.1) is 5.92 Å². The SMILES string of the molecule is CCCCC(C)C[C@@](O)(CC(=O)O)C[N+](C)(C)C. The Morgan fingerprint density at radius 2 is 1.89 bits per heavy atom. The molecule has 0 saturated carbocycles. The Morgan fingerprint density at radius 3 is 2.28 bits per heavy atom. The van der Waals surface area contributed by atoms with Gasteiger partial charge in [0.25, 0.3) is 0 Å². The van der Waals surface area contributed by atoms with Crippen molar-refractivity contribution >= 4 is 5.97 Å². The molecule has 0 rings (SSSR count). The maximum Gasteiger partial charge on any atom is 0.306 e. The maximum absolute atomic E-state index is 10.9. The Bertz CT molecular complexity index is 260. The Hall–Kier alpha value is -0.610. The van der Waals surface area contributed by atoms with Gasteiger partial charge in [0.1, 0.15) is 12.1 Å². The second kappa shape index (κ2) is 7.10. The summed E-state index contributed by atoms with van der Waals surface area (Å²) in [5.74, 6) is -0.561. The molecule has 2 N–H and O–H groups in total. The highest BCUT2D eigenvalue weighted by Gasteiger charge is 2.37. The highest BCUT2D eigenvalue weighted by molar-refractivity contribution is 5.68. The zero-order valence-corrected chi connectivity index (χ0v) is 12.6. The van der Waals surface area contributed by atoms with Crippen LogP contribution in [0.4, 0.5) is 0 Å². The summed E-state index contributed by atoms with van der Waals surface area (Å²) in [7, 11) is 5.93. The highest BCUT2D eigenvalue weighted by atomic mass is 16.4. The first-order valence-corrected chi connectivity index (χ1v) is 6.82. The minimum Gasteiger partial charge on any atom is -0.481 e. The van der Waals surface area contributed by atoms with Crippen molar-refractivity contribution in [3.63, 3.8) is 0 Å². The van der Waals surface area contributed by atoms with Crippen LogP contribution in [0.15, 0.2) is 0 Å². The molecule has 0 aliphatic rings. The lowest BCUT2D eigenvalue weighted by molar-refractivity contribution is -0.877. The fraction of sp³-hybridized carbons (Fsp3) is 0.929. The third-order valence-corrected chi connectivity index (χ3v) is 3.03. The molecular formula is C14H30NO3+. The van der Waals surface area contributed by atoms with E-state index in [1.54, 1.807) is 0 Å². The third-order valence-electron chi connectivity index (χ3n) is 3.03. The molecule has 0 heterocycles. The van der Waals surface area contributed by atoms with Gasteiger partial charge in [-0.2, -0.15) is 0 Å². The van der Waals surface area contributed by atoms with E-state index in [1.165, 1.54) is 0 Å². The van der Waals surface area contributed by atoms with Crippen LogP contribution in [0.3, 0.4) is 0 Å². The van der Waals surface area contributed by atoms with Crippen molar-refractivity contribution in [1.29, 1.82) is 0 Å². The quantitative estimate of drug-likeness (QED) is 0.624. The summed E-state index contributed by atoms with van der Waals surface area (Å²) in [4.78, 5) is 10.9. The lowest BCUT2D eigenvalue weighted by Gasteiger charge is -2.36. The number of aliphatic carboxylic acids is 1. The van der Waals surface area contributed by atoms with Crippen molar-refractivity contribution in [3.05, 3.63) is 0 Å². The van der Waals surface area contributed by atoms with Gasteiger partial charge in [0.2, 0.25) is 0 Å². The Kier molecular flexibility index (Phi) is 6.86. The van der Waals surface area contributed by atoms with E-state index >= 15 is 0 Å². The highest BCUT2D eigenvalue weighted by Crippen LogP contribution is 2.26. The van der Waals surface area contributed by atoms with Gasteiger partial charge >= 0.3 is 5.97 Å². The van der Waals surface area contributed by atoms with E-state index < -0.39 is 11.6 Å². The Morgan fingerprint density at radius 1 is 1.33 bits per heavy atom. The summed E-state index contributed by atoms with van der Waals surface area (Å²) in [5, 5.41) is 19.6. The van der Waals surface area contributed by atoms with Crippen LogP contribution in [0.25, 0.3) is 0 Å². The van der Waals surface area contributed by atoms with Gasteiger partial charge in [-0.15, -0.1) is 0 Å². The molecule has 0 fully saturated rings. The van der Waals surface area contributed by atoms with Crippen LogP contribution in [-0.4, -0.2) is 54.0 Å². The molecule has 0 aliphatic carbocycles. The van der Waals surface area contributed by atoms with Crippen LogP contribution in [-0.2, 0) is 4.79 Å². The number of likely N-dealkylation sites (N-methyl/N-ethyl adjacent to an activating group) is 1. The summed E-state index contributed by atoms with van der Waals surface area (Å²) in [6.45, 7) is 4.70. The molecule has 0 aromatic rings. The first-order valence-electron chi connectivity index (χ1n) is 6.82. The van der Waals surface area contributed by atoms with Gasteiger partial charge in [-0.3, -0.25) is 4.79 Å². The maximum atomic E-state index is 10.9. The molecule has 4 heteroatoms. The number of carboxylic acid groups (broad SMARTS) is 1. The molecule has 4 nitrogen and oxygen atoms in total.